The van der Waals surface area contributed by atoms with Crippen LogP contribution in [0.15, 0.2) is 42.1 Å². The summed E-state index contributed by atoms with van der Waals surface area (Å²) in [5.74, 6) is 0. The van der Waals surface area contributed by atoms with E-state index >= 15 is 0 Å². The van der Waals surface area contributed by atoms with E-state index in [2.05, 4.69) is 48.2 Å². The highest BCUT2D eigenvalue weighted by Crippen LogP contribution is 2.29. The number of hydrogen-bond donors (Lipinski definition) is 0. The molecule has 1 aliphatic heterocycles. The molecule has 15 heavy (non-hydrogen) atoms. The highest BCUT2D eigenvalue weighted by Gasteiger charge is 2.14. The molecule has 0 spiro atoms. The molecule has 0 saturated carbocycles. The van der Waals surface area contributed by atoms with E-state index in [-0.39, 0.29) is 0 Å². The fraction of sp³-hybridized carbons (Fsp3) is 0.154. The van der Waals surface area contributed by atoms with Crippen LogP contribution in [0, 0.1) is 0 Å². The number of likely N-dealkylation sites (N-methyl/N-ethyl adjacent to an activating group) is 1. The zero-order chi connectivity index (χ0) is 10.7. The molecule has 1 heterocycles. The van der Waals surface area contributed by atoms with Crippen molar-refractivity contribution in [2.24, 2.45) is 0 Å². The summed E-state index contributed by atoms with van der Waals surface area (Å²) in [6.45, 7) is 3.10. The van der Waals surface area contributed by atoms with Crippen LogP contribution in [0.5, 0.6) is 0 Å². The predicted molar refractivity (Wildman–Crippen MR) is 70.2 cm³/mol. The van der Waals surface area contributed by atoms with Gasteiger partial charge in [0.25, 0.3) is 0 Å². The van der Waals surface area contributed by atoms with Crippen LogP contribution < -0.4 is 4.90 Å². The Bertz CT molecular complexity index is 432. The van der Waals surface area contributed by atoms with E-state index < -0.39 is 0 Å². The summed E-state index contributed by atoms with van der Waals surface area (Å²) in [4.78, 5) is 2.26. The normalized spacial score (nSPS) is 16.6. The third-order valence-corrected chi connectivity index (χ3v) is 2.66. The van der Waals surface area contributed by atoms with E-state index in [0.29, 0.717) is 0 Å². The van der Waals surface area contributed by atoms with Crippen molar-refractivity contribution in [2.45, 2.75) is 6.92 Å². The first kappa shape index (κ1) is 10.1. The number of anilines is 1. The summed E-state index contributed by atoms with van der Waals surface area (Å²) in [6.07, 6.45) is 6.20. The second-order valence-electron chi connectivity index (χ2n) is 3.36. The average molecular weight is 215 g/mol. The van der Waals surface area contributed by atoms with Gasteiger partial charge in [-0.15, -0.1) is 0 Å². The monoisotopic (exact) mass is 215 g/mol. The molecule has 0 saturated heterocycles. The van der Waals surface area contributed by atoms with Crippen molar-refractivity contribution in [3.63, 3.8) is 0 Å². The Balaban J connectivity index is 2.50. The van der Waals surface area contributed by atoms with Crippen LogP contribution >= 0.6 is 12.2 Å². The van der Waals surface area contributed by atoms with E-state index in [0.717, 1.165) is 12.2 Å². The maximum atomic E-state index is 4.87. The summed E-state index contributed by atoms with van der Waals surface area (Å²) in [7, 11) is 0. The Labute approximate surface area is 95.7 Å². The number of rotatable bonds is 2. The van der Waals surface area contributed by atoms with Gasteiger partial charge in [-0.25, -0.2) is 0 Å². The van der Waals surface area contributed by atoms with Crippen LogP contribution in [-0.4, -0.2) is 11.9 Å². The van der Waals surface area contributed by atoms with Crippen molar-refractivity contribution in [1.82, 2.24) is 0 Å². The summed E-state index contributed by atoms with van der Waals surface area (Å²) in [5, 5.41) is 1.66. The van der Waals surface area contributed by atoms with Gasteiger partial charge >= 0.3 is 0 Å². The van der Waals surface area contributed by atoms with Crippen molar-refractivity contribution < 1.29 is 0 Å². The summed E-state index contributed by atoms with van der Waals surface area (Å²) in [6, 6.07) is 8.39. The van der Waals surface area contributed by atoms with E-state index in [4.69, 9.17) is 12.2 Å². The number of nitrogens with zero attached hydrogens (tertiary/aromatic N) is 1. The molecule has 0 radical (unpaired) electrons. The van der Waals surface area contributed by atoms with Crippen LogP contribution in [0.25, 0.3) is 6.08 Å². The number of benzene rings is 1. The lowest BCUT2D eigenvalue weighted by Crippen LogP contribution is -2.23. The number of thiocarbonyl (C=S) groups is 1. The molecule has 0 fully saturated rings. The van der Waals surface area contributed by atoms with E-state index in [1.807, 2.05) is 6.08 Å². The molecule has 1 aromatic rings. The molecule has 2 heteroatoms. The SMILES string of the molecule is CCN1/C(=C\C=S)C=Cc2ccccc21. The van der Waals surface area contributed by atoms with Gasteiger partial charge in [-0.05, 0) is 30.7 Å². The number of hydrogen-bond acceptors (Lipinski definition) is 2. The Morgan fingerprint density at radius 2 is 2.07 bits per heavy atom. The molecule has 76 valence electrons. The van der Waals surface area contributed by atoms with Gasteiger partial charge < -0.3 is 4.90 Å². The second kappa shape index (κ2) is 4.41. The van der Waals surface area contributed by atoms with E-state index in [9.17, 15) is 0 Å². The minimum Gasteiger partial charge on any atom is -0.341 e. The van der Waals surface area contributed by atoms with Crippen molar-refractivity contribution in [1.29, 1.82) is 0 Å². The van der Waals surface area contributed by atoms with E-state index in [1.54, 1.807) is 5.37 Å². The van der Waals surface area contributed by atoms with Gasteiger partial charge in [-0.1, -0.05) is 36.5 Å². The van der Waals surface area contributed by atoms with Crippen LogP contribution in [0.2, 0.25) is 0 Å². The predicted octanol–water partition coefficient (Wildman–Crippen LogP) is 3.42. The minimum atomic E-state index is 0.955. The molecule has 1 aromatic carbocycles. The fourth-order valence-electron chi connectivity index (χ4n) is 1.85. The van der Waals surface area contributed by atoms with Crippen LogP contribution in [0.1, 0.15) is 12.5 Å². The smallest absolute Gasteiger partial charge is 0.0484 e. The standard InChI is InChI=1S/C13H13NS/c1-2-14-12(9-10-15)8-7-11-5-3-4-6-13(11)14/h3-10H,2H2,1H3/b12-9-. The van der Waals surface area contributed by atoms with Gasteiger partial charge in [0.1, 0.15) is 0 Å². The Hall–Kier alpha value is -1.41. The Morgan fingerprint density at radius 1 is 1.27 bits per heavy atom. The molecule has 2 rings (SSSR count). The largest absolute Gasteiger partial charge is 0.341 e. The third kappa shape index (κ3) is 1.85. The van der Waals surface area contributed by atoms with Gasteiger partial charge in [-0.2, -0.15) is 0 Å². The molecule has 0 aliphatic carbocycles. The molecule has 0 bridgehead atoms. The van der Waals surface area contributed by atoms with Gasteiger partial charge in [0.05, 0.1) is 0 Å². The van der Waals surface area contributed by atoms with Crippen molar-refractivity contribution in [2.75, 3.05) is 11.4 Å². The molecule has 0 N–H and O–H groups in total. The first-order valence-electron chi connectivity index (χ1n) is 5.07. The molecule has 0 unspecified atom stereocenters. The topological polar surface area (TPSA) is 3.24 Å². The maximum absolute atomic E-state index is 4.87. The third-order valence-electron chi connectivity index (χ3n) is 2.53. The lowest BCUT2D eigenvalue weighted by Gasteiger charge is -2.29. The van der Waals surface area contributed by atoms with Crippen LogP contribution in [-0.2, 0) is 0 Å². The van der Waals surface area contributed by atoms with Crippen LogP contribution in [0.4, 0.5) is 5.69 Å². The Kier molecular flexibility index (Phi) is 2.97. The van der Waals surface area contributed by atoms with Crippen molar-refractivity contribution >= 4 is 29.3 Å². The molecular formula is C13H13NS. The summed E-state index contributed by atoms with van der Waals surface area (Å²) < 4.78 is 0. The fourth-order valence-corrected chi connectivity index (χ4v) is 1.99. The van der Waals surface area contributed by atoms with Crippen molar-refractivity contribution in [3.05, 3.63) is 47.7 Å². The molecule has 0 atom stereocenters. The summed E-state index contributed by atoms with van der Waals surface area (Å²) >= 11 is 4.87. The van der Waals surface area contributed by atoms with Gasteiger partial charge in [0.15, 0.2) is 0 Å². The quantitative estimate of drug-likeness (QED) is 0.549. The van der Waals surface area contributed by atoms with Gasteiger partial charge in [0.2, 0.25) is 0 Å². The maximum Gasteiger partial charge on any atom is 0.0484 e. The number of fused-ring (bicyclic) bond motifs is 1. The Morgan fingerprint density at radius 3 is 2.80 bits per heavy atom. The highest BCUT2D eigenvalue weighted by atomic mass is 32.1. The lowest BCUT2D eigenvalue weighted by molar-refractivity contribution is 0.973. The lowest BCUT2D eigenvalue weighted by atomic mass is 10.1. The molecular weight excluding hydrogens is 202 g/mol. The average Bonchev–Trinajstić information content (AvgIpc) is 2.29. The highest BCUT2D eigenvalue weighted by molar-refractivity contribution is 7.79. The van der Waals surface area contributed by atoms with Gasteiger partial charge in [0, 0.05) is 23.3 Å². The molecule has 1 nitrogen and oxygen atoms in total. The minimum absolute atomic E-state index is 0.955. The molecule has 0 aromatic heterocycles. The summed E-state index contributed by atoms with van der Waals surface area (Å²) in [5.41, 5.74) is 3.68. The van der Waals surface area contributed by atoms with Gasteiger partial charge in [-0.3, -0.25) is 0 Å². The molecule has 0 amide bonds. The second-order valence-corrected chi connectivity index (χ2v) is 3.64. The number of para-hydroxylation sites is 1. The van der Waals surface area contributed by atoms with E-state index in [1.165, 1.54) is 11.3 Å². The zero-order valence-electron chi connectivity index (χ0n) is 8.68. The van der Waals surface area contributed by atoms with Crippen molar-refractivity contribution in [3.8, 4) is 0 Å². The molecule has 1 aliphatic rings. The van der Waals surface area contributed by atoms with Crippen LogP contribution in [0.3, 0.4) is 0 Å². The first-order chi connectivity index (χ1) is 7.36. The number of allylic oxidation sites excluding steroid dienone is 2. The zero-order valence-corrected chi connectivity index (χ0v) is 9.50. The first-order valence-corrected chi connectivity index (χ1v) is 5.54.